The molecule has 5 aliphatic carbocycles. The van der Waals surface area contributed by atoms with E-state index in [4.69, 9.17) is 4.74 Å². The highest BCUT2D eigenvalue weighted by Gasteiger charge is 2.67. The summed E-state index contributed by atoms with van der Waals surface area (Å²) < 4.78 is 5.39. The predicted molar refractivity (Wildman–Crippen MR) is 152 cm³/mol. The number of carbonyl (C=O) groups is 1. The van der Waals surface area contributed by atoms with Crippen LogP contribution < -0.4 is 10.1 Å². The highest BCUT2D eigenvalue weighted by molar-refractivity contribution is 5.83. The molecule has 4 nitrogen and oxygen atoms in total. The molecule has 9 unspecified atom stereocenters. The maximum absolute atomic E-state index is 13.9. The SMILES string of the molecule is COc1cccc(CNC(=O)C23CCCC2C2CCC4C(C)(CCC5C(C)(C)C(O)CCC54C)C2CC3)c1. The van der Waals surface area contributed by atoms with Gasteiger partial charge in [0, 0.05) is 6.54 Å². The van der Waals surface area contributed by atoms with Crippen LogP contribution in [0.1, 0.15) is 104 Å². The summed E-state index contributed by atoms with van der Waals surface area (Å²) in [5.41, 5.74) is 1.66. The van der Waals surface area contributed by atoms with E-state index in [9.17, 15) is 9.90 Å². The van der Waals surface area contributed by atoms with Crippen molar-refractivity contribution in [2.24, 2.45) is 51.2 Å². The molecule has 4 heteroatoms. The smallest absolute Gasteiger partial charge is 0.226 e. The molecule has 0 heterocycles. The van der Waals surface area contributed by atoms with Crippen LogP contribution in [-0.4, -0.2) is 24.2 Å². The number of carbonyl (C=O) groups excluding carboxylic acids is 1. The van der Waals surface area contributed by atoms with Crippen LogP contribution in [0, 0.1) is 51.2 Å². The standard InChI is InChI=1S/C34H51NO3/c1-31(2)27-14-17-32(3)25-13-19-34(30(37)35-21-22-8-6-9-23(20-22)38-5)16-7-10-26(34)24(25)11-12-28(32)33(27,4)18-15-29(31)36/h6,8-9,20,24-29,36H,7,10-19,21H2,1-5H3,(H,35,37). The van der Waals surface area contributed by atoms with Gasteiger partial charge in [-0.3, -0.25) is 4.79 Å². The van der Waals surface area contributed by atoms with Crippen LogP contribution in [0.3, 0.4) is 0 Å². The molecule has 9 atom stereocenters. The van der Waals surface area contributed by atoms with E-state index < -0.39 is 0 Å². The molecule has 1 aromatic carbocycles. The third-order valence-electron chi connectivity index (χ3n) is 13.5. The van der Waals surface area contributed by atoms with Gasteiger partial charge in [0.25, 0.3) is 0 Å². The first-order valence-electron chi connectivity index (χ1n) is 15.7. The predicted octanol–water partition coefficient (Wildman–Crippen LogP) is 7.14. The number of methoxy groups -OCH3 is 1. The first kappa shape index (κ1) is 26.7. The van der Waals surface area contributed by atoms with E-state index >= 15 is 0 Å². The van der Waals surface area contributed by atoms with Crippen LogP contribution in [0.5, 0.6) is 5.75 Å². The summed E-state index contributed by atoms with van der Waals surface area (Å²) in [6, 6.07) is 8.07. The van der Waals surface area contributed by atoms with E-state index in [2.05, 4.69) is 39.1 Å². The van der Waals surface area contributed by atoms with Gasteiger partial charge in [-0.25, -0.2) is 0 Å². The number of fused-ring (bicyclic) bond motifs is 7. The number of aliphatic hydroxyl groups is 1. The Hall–Kier alpha value is -1.55. The molecule has 6 rings (SSSR count). The number of ether oxygens (including phenoxy) is 1. The minimum absolute atomic E-state index is 0.0131. The molecule has 0 radical (unpaired) electrons. The third-order valence-corrected chi connectivity index (χ3v) is 13.5. The molecule has 5 fully saturated rings. The number of hydrogen-bond acceptors (Lipinski definition) is 3. The average molecular weight is 522 g/mol. The minimum atomic E-state index is -0.165. The molecule has 5 aliphatic rings. The summed E-state index contributed by atoms with van der Waals surface area (Å²) in [6.07, 6.45) is 12.9. The lowest BCUT2D eigenvalue weighted by molar-refractivity contribution is -0.214. The summed E-state index contributed by atoms with van der Waals surface area (Å²) in [6.45, 7) is 10.5. The lowest BCUT2D eigenvalue weighted by atomic mass is 9.36. The largest absolute Gasteiger partial charge is 0.497 e. The summed E-state index contributed by atoms with van der Waals surface area (Å²) in [7, 11) is 1.69. The Morgan fingerprint density at radius 2 is 1.71 bits per heavy atom. The second-order valence-corrected chi connectivity index (χ2v) is 15.1. The van der Waals surface area contributed by atoms with E-state index in [-0.39, 0.29) is 16.9 Å². The van der Waals surface area contributed by atoms with E-state index in [0.717, 1.165) is 42.4 Å². The van der Waals surface area contributed by atoms with E-state index in [1.807, 2.05) is 18.2 Å². The molecule has 0 saturated heterocycles. The Bertz CT molecular complexity index is 1070. The van der Waals surface area contributed by atoms with Gasteiger partial charge in [0.15, 0.2) is 0 Å². The topological polar surface area (TPSA) is 58.6 Å². The molecule has 1 aromatic rings. The van der Waals surface area contributed by atoms with E-state index in [1.54, 1.807) is 7.11 Å². The van der Waals surface area contributed by atoms with Crippen LogP contribution in [0.15, 0.2) is 24.3 Å². The van der Waals surface area contributed by atoms with Gasteiger partial charge in [-0.05, 0) is 128 Å². The van der Waals surface area contributed by atoms with Crippen LogP contribution >= 0.6 is 0 Å². The van der Waals surface area contributed by atoms with E-state index in [1.165, 1.54) is 51.4 Å². The fourth-order valence-corrected chi connectivity index (χ4v) is 11.7. The van der Waals surface area contributed by atoms with Crippen molar-refractivity contribution in [2.75, 3.05) is 7.11 Å². The van der Waals surface area contributed by atoms with Gasteiger partial charge >= 0.3 is 0 Å². The molecular formula is C34H51NO3. The molecule has 5 saturated carbocycles. The zero-order chi connectivity index (χ0) is 26.9. The van der Waals surface area contributed by atoms with Crippen molar-refractivity contribution < 1.29 is 14.6 Å². The Balaban J connectivity index is 1.22. The summed E-state index contributed by atoms with van der Waals surface area (Å²) >= 11 is 0. The summed E-state index contributed by atoms with van der Waals surface area (Å²) in [4.78, 5) is 13.9. The number of hydrogen-bond donors (Lipinski definition) is 2. The van der Waals surface area contributed by atoms with E-state index in [0.29, 0.717) is 41.0 Å². The fourth-order valence-electron chi connectivity index (χ4n) is 11.7. The molecular weight excluding hydrogens is 470 g/mol. The van der Waals surface area contributed by atoms with Crippen molar-refractivity contribution in [1.29, 1.82) is 0 Å². The Morgan fingerprint density at radius 1 is 0.921 bits per heavy atom. The number of rotatable bonds is 4. The van der Waals surface area contributed by atoms with Crippen molar-refractivity contribution in [2.45, 2.75) is 111 Å². The van der Waals surface area contributed by atoms with Gasteiger partial charge in [-0.1, -0.05) is 46.2 Å². The zero-order valence-corrected chi connectivity index (χ0v) is 24.5. The summed E-state index contributed by atoms with van der Waals surface area (Å²) in [5, 5.41) is 14.3. The van der Waals surface area contributed by atoms with Crippen molar-refractivity contribution in [3.05, 3.63) is 29.8 Å². The highest BCUT2D eigenvalue weighted by atomic mass is 16.5. The number of benzene rings is 1. The second kappa shape index (κ2) is 9.25. The van der Waals surface area contributed by atoms with Gasteiger partial charge in [0.05, 0.1) is 18.6 Å². The molecule has 1 amide bonds. The fraction of sp³-hybridized carbons (Fsp3) is 0.794. The lowest BCUT2D eigenvalue weighted by Crippen LogP contribution is -2.63. The van der Waals surface area contributed by atoms with Crippen molar-refractivity contribution in [3.8, 4) is 5.75 Å². The van der Waals surface area contributed by atoms with Gasteiger partial charge in [0.1, 0.15) is 5.75 Å². The molecule has 38 heavy (non-hydrogen) atoms. The average Bonchev–Trinajstić information content (AvgIpc) is 3.35. The molecule has 0 bridgehead atoms. The second-order valence-electron chi connectivity index (χ2n) is 15.1. The first-order chi connectivity index (χ1) is 18.1. The molecule has 2 N–H and O–H groups in total. The van der Waals surface area contributed by atoms with Gasteiger partial charge in [-0.2, -0.15) is 0 Å². The maximum Gasteiger partial charge on any atom is 0.226 e. The van der Waals surface area contributed by atoms with Crippen LogP contribution in [0.25, 0.3) is 0 Å². The van der Waals surface area contributed by atoms with Crippen molar-refractivity contribution in [1.82, 2.24) is 5.32 Å². The van der Waals surface area contributed by atoms with Crippen LogP contribution in [0.2, 0.25) is 0 Å². The molecule has 210 valence electrons. The zero-order valence-electron chi connectivity index (χ0n) is 24.5. The minimum Gasteiger partial charge on any atom is -0.497 e. The Morgan fingerprint density at radius 3 is 2.50 bits per heavy atom. The van der Waals surface area contributed by atoms with Gasteiger partial charge in [-0.15, -0.1) is 0 Å². The van der Waals surface area contributed by atoms with Gasteiger partial charge < -0.3 is 15.2 Å². The lowest BCUT2D eigenvalue weighted by Gasteiger charge is -2.69. The Kier molecular flexibility index (Phi) is 6.49. The van der Waals surface area contributed by atoms with Crippen molar-refractivity contribution >= 4 is 5.91 Å². The number of aliphatic hydroxyl groups excluding tert-OH is 1. The molecule has 0 aromatic heterocycles. The number of nitrogens with one attached hydrogen (secondary N) is 1. The Labute approximate surface area is 230 Å². The highest BCUT2D eigenvalue weighted by Crippen LogP contribution is 2.72. The summed E-state index contributed by atoms with van der Waals surface area (Å²) in [5.74, 6) is 4.50. The van der Waals surface area contributed by atoms with Crippen LogP contribution in [-0.2, 0) is 11.3 Å². The monoisotopic (exact) mass is 521 g/mol. The maximum atomic E-state index is 13.9. The number of amides is 1. The molecule has 0 spiro atoms. The van der Waals surface area contributed by atoms with Crippen LogP contribution in [0.4, 0.5) is 0 Å². The first-order valence-corrected chi connectivity index (χ1v) is 15.7. The van der Waals surface area contributed by atoms with Crippen molar-refractivity contribution in [3.63, 3.8) is 0 Å². The molecule has 0 aliphatic heterocycles. The third kappa shape index (κ3) is 3.75. The van der Waals surface area contributed by atoms with Gasteiger partial charge in [0.2, 0.25) is 5.91 Å². The quantitative estimate of drug-likeness (QED) is 0.443. The normalized spacial score (nSPS) is 45.2.